The van der Waals surface area contributed by atoms with Crippen LogP contribution in [0.1, 0.15) is 17.5 Å². The summed E-state index contributed by atoms with van der Waals surface area (Å²) in [5.74, 6) is -1.93. The first-order valence-corrected chi connectivity index (χ1v) is 5.97. The van der Waals surface area contributed by atoms with Crippen molar-refractivity contribution in [3.05, 3.63) is 29.3 Å². The number of sulfonamides is 1. The average Bonchev–Trinajstić information content (AvgIpc) is 2.41. The summed E-state index contributed by atoms with van der Waals surface area (Å²) in [6.07, 6.45) is 0.393. The van der Waals surface area contributed by atoms with Gasteiger partial charge in [-0.25, -0.2) is 13.6 Å². The maximum absolute atomic E-state index is 11.2. The Balaban J connectivity index is 2.70. The fourth-order valence-corrected chi connectivity index (χ4v) is 2.72. The van der Waals surface area contributed by atoms with Crippen LogP contribution in [0.3, 0.4) is 0 Å². The largest absolute Gasteiger partial charge is 0.362 e. The molecule has 0 saturated heterocycles. The zero-order valence-electron chi connectivity index (χ0n) is 7.84. The normalized spacial score (nSPS) is 18.9. The molecule has 6 heteroatoms. The Kier molecular flexibility index (Phi) is 2.13. The second-order valence-corrected chi connectivity index (χ2v) is 5.17. The SMILES string of the molecule is NS(=O)(=O)c1cccc2c1CCC2(O)O. The van der Waals surface area contributed by atoms with Crippen LogP contribution in [-0.2, 0) is 22.2 Å². The number of fused-ring (bicyclic) bond motifs is 1. The summed E-state index contributed by atoms with van der Waals surface area (Å²) >= 11 is 0. The molecule has 0 fully saturated rings. The van der Waals surface area contributed by atoms with Crippen LogP contribution >= 0.6 is 0 Å². The first-order valence-electron chi connectivity index (χ1n) is 4.42. The lowest BCUT2D eigenvalue weighted by Gasteiger charge is -2.16. The summed E-state index contributed by atoms with van der Waals surface area (Å²) in [5, 5.41) is 24.1. The Hall–Kier alpha value is -0.950. The van der Waals surface area contributed by atoms with Gasteiger partial charge < -0.3 is 10.2 Å². The number of rotatable bonds is 1. The maximum Gasteiger partial charge on any atom is 0.238 e. The number of primary sulfonamides is 1. The Bertz CT molecular complexity index is 507. The number of hydrogen-bond donors (Lipinski definition) is 3. The maximum atomic E-state index is 11.2. The molecule has 15 heavy (non-hydrogen) atoms. The molecular formula is C9H11NO4S. The number of hydrogen-bond acceptors (Lipinski definition) is 4. The third-order valence-corrected chi connectivity index (χ3v) is 3.59. The van der Waals surface area contributed by atoms with Crippen LogP contribution in [0, 0.1) is 0 Å². The van der Waals surface area contributed by atoms with Gasteiger partial charge in [-0.3, -0.25) is 0 Å². The molecule has 5 nitrogen and oxygen atoms in total. The van der Waals surface area contributed by atoms with Gasteiger partial charge >= 0.3 is 0 Å². The van der Waals surface area contributed by atoms with E-state index < -0.39 is 15.8 Å². The minimum Gasteiger partial charge on any atom is -0.362 e. The van der Waals surface area contributed by atoms with Gasteiger partial charge in [0.15, 0.2) is 5.79 Å². The molecule has 0 unspecified atom stereocenters. The van der Waals surface area contributed by atoms with E-state index in [1.54, 1.807) is 0 Å². The standard InChI is InChI=1S/C9H11NO4S/c10-15(13,14)8-3-1-2-7-6(8)4-5-9(7,11)12/h1-3,11-12H,4-5H2,(H2,10,13,14). The molecule has 0 aliphatic heterocycles. The first-order chi connectivity index (χ1) is 6.82. The zero-order chi connectivity index (χ0) is 11.3. The Labute approximate surface area is 87.2 Å². The van der Waals surface area contributed by atoms with Crippen molar-refractivity contribution in [2.75, 3.05) is 0 Å². The lowest BCUT2D eigenvalue weighted by Crippen LogP contribution is -2.21. The van der Waals surface area contributed by atoms with Crippen molar-refractivity contribution in [1.29, 1.82) is 0 Å². The number of nitrogens with two attached hydrogens (primary N) is 1. The molecule has 0 aromatic heterocycles. The molecule has 1 aliphatic rings. The first kappa shape index (κ1) is 10.6. The van der Waals surface area contributed by atoms with E-state index in [1.807, 2.05) is 0 Å². The molecule has 1 aromatic carbocycles. The Morgan fingerprint density at radius 2 is 2.00 bits per heavy atom. The summed E-state index contributed by atoms with van der Waals surface area (Å²) in [4.78, 5) is -0.0232. The quantitative estimate of drug-likeness (QED) is 0.561. The van der Waals surface area contributed by atoms with E-state index in [1.165, 1.54) is 18.2 Å². The zero-order valence-corrected chi connectivity index (χ0v) is 8.66. The van der Waals surface area contributed by atoms with Crippen LogP contribution < -0.4 is 5.14 Å². The Morgan fingerprint density at radius 1 is 1.33 bits per heavy atom. The fourth-order valence-electron chi connectivity index (χ4n) is 1.90. The minimum absolute atomic E-state index is 0.0232. The van der Waals surface area contributed by atoms with E-state index in [0.29, 0.717) is 12.0 Å². The molecule has 4 N–H and O–H groups in total. The smallest absolute Gasteiger partial charge is 0.238 e. The summed E-state index contributed by atoms with van der Waals surface area (Å²) < 4.78 is 22.4. The van der Waals surface area contributed by atoms with Gasteiger partial charge in [-0.15, -0.1) is 0 Å². The van der Waals surface area contributed by atoms with Gasteiger partial charge in [0.1, 0.15) is 0 Å². The molecule has 2 rings (SSSR count). The van der Waals surface area contributed by atoms with Gasteiger partial charge in [-0.1, -0.05) is 12.1 Å². The molecule has 0 heterocycles. The van der Waals surface area contributed by atoms with Crippen molar-refractivity contribution in [3.63, 3.8) is 0 Å². The van der Waals surface area contributed by atoms with Crippen molar-refractivity contribution in [1.82, 2.24) is 0 Å². The topological polar surface area (TPSA) is 101 Å². The van der Waals surface area contributed by atoms with Crippen LogP contribution in [0.2, 0.25) is 0 Å². The molecule has 0 atom stereocenters. The number of aliphatic hydroxyl groups is 2. The van der Waals surface area contributed by atoms with Crippen molar-refractivity contribution in [2.24, 2.45) is 5.14 Å². The van der Waals surface area contributed by atoms with Gasteiger partial charge in [-0.2, -0.15) is 0 Å². The predicted octanol–water partition coefficient (Wildman–Crippen LogP) is -0.582. The minimum atomic E-state index is -3.80. The van der Waals surface area contributed by atoms with E-state index in [4.69, 9.17) is 5.14 Å². The van der Waals surface area contributed by atoms with Crippen molar-refractivity contribution >= 4 is 10.0 Å². The van der Waals surface area contributed by atoms with Crippen molar-refractivity contribution < 1.29 is 18.6 Å². The summed E-state index contributed by atoms with van der Waals surface area (Å²) in [6, 6.07) is 4.32. The van der Waals surface area contributed by atoms with E-state index in [2.05, 4.69) is 0 Å². The van der Waals surface area contributed by atoms with Crippen LogP contribution in [0.25, 0.3) is 0 Å². The van der Waals surface area contributed by atoms with Crippen LogP contribution in [0.4, 0.5) is 0 Å². The van der Waals surface area contributed by atoms with Gasteiger partial charge in [0.2, 0.25) is 10.0 Å². The lowest BCUT2D eigenvalue weighted by molar-refractivity contribution is -0.166. The molecule has 1 aliphatic carbocycles. The highest BCUT2D eigenvalue weighted by atomic mass is 32.2. The molecule has 0 amide bonds. The lowest BCUT2D eigenvalue weighted by atomic mass is 10.1. The molecule has 0 radical (unpaired) electrons. The predicted molar refractivity (Wildman–Crippen MR) is 52.3 cm³/mol. The van der Waals surface area contributed by atoms with Crippen molar-refractivity contribution in [3.8, 4) is 0 Å². The van der Waals surface area contributed by atoms with E-state index in [-0.39, 0.29) is 16.9 Å². The monoisotopic (exact) mass is 229 g/mol. The fraction of sp³-hybridized carbons (Fsp3) is 0.333. The number of benzene rings is 1. The molecular weight excluding hydrogens is 218 g/mol. The van der Waals surface area contributed by atoms with E-state index in [0.717, 1.165) is 0 Å². The van der Waals surface area contributed by atoms with Crippen molar-refractivity contribution in [2.45, 2.75) is 23.5 Å². The van der Waals surface area contributed by atoms with Gasteiger partial charge in [0.05, 0.1) is 4.90 Å². The van der Waals surface area contributed by atoms with Gasteiger partial charge in [-0.05, 0) is 18.1 Å². The second-order valence-electron chi connectivity index (χ2n) is 3.64. The summed E-state index contributed by atoms with van der Waals surface area (Å²) in [7, 11) is -3.80. The second kappa shape index (κ2) is 3.02. The molecule has 0 spiro atoms. The van der Waals surface area contributed by atoms with Gasteiger partial charge in [0.25, 0.3) is 0 Å². The molecule has 82 valence electrons. The highest BCUT2D eigenvalue weighted by molar-refractivity contribution is 7.89. The van der Waals surface area contributed by atoms with Crippen LogP contribution in [0.15, 0.2) is 23.1 Å². The highest BCUT2D eigenvalue weighted by Crippen LogP contribution is 2.37. The van der Waals surface area contributed by atoms with Crippen LogP contribution in [0.5, 0.6) is 0 Å². The Morgan fingerprint density at radius 3 is 2.60 bits per heavy atom. The van der Waals surface area contributed by atoms with E-state index >= 15 is 0 Å². The molecule has 1 aromatic rings. The van der Waals surface area contributed by atoms with E-state index in [9.17, 15) is 18.6 Å². The molecule has 0 bridgehead atoms. The molecule has 0 saturated carbocycles. The van der Waals surface area contributed by atoms with Gasteiger partial charge in [0, 0.05) is 12.0 Å². The third kappa shape index (κ3) is 1.65. The average molecular weight is 229 g/mol. The third-order valence-electron chi connectivity index (χ3n) is 2.59. The summed E-state index contributed by atoms with van der Waals surface area (Å²) in [6.45, 7) is 0. The summed E-state index contributed by atoms with van der Waals surface area (Å²) in [5.41, 5.74) is 0.638. The van der Waals surface area contributed by atoms with Crippen LogP contribution in [-0.4, -0.2) is 18.6 Å². The highest BCUT2D eigenvalue weighted by Gasteiger charge is 2.37.